The molecule has 2 aromatic carbocycles. The number of anilines is 2. The van der Waals surface area contributed by atoms with Gasteiger partial charge in [0.25, 0.3) is 0 Å². The Morgan fingerprint density at radius 3 is 2.50 bits per heavy atom. The number of thiophene rings is 1. The molecule has 8 heteroatoms. The minimum absolute atomic E-state index is 0.0555. The molecule has 0 spiro atoms. The molecule has 0 aliphatic rings. The lowest BCUT2D eigenvalue weighted by atomic mass is 10.1. The van der Waals surface area contributed by atoms with Crippen LogP contribution in [0.5, 0.6) is 0 Å². The Morgan fingerprint density at radius 2 is 1.82 bits per heavy atom. The van der Waals surface area contributed by atoms with Gasteiger partial charge in [0.1, 0.15) is 5.82 Å². The Morgan fingerprint density at radius 1 is 1.06 bits per heavy atom. The first-order valence-electron chi connectivity index (χ1n) is 11.2. The van der Waals surface area contributed by atoms with Gasteiger partial charge in [-0.2, -0.15) is 0 Å². The smallest absolute Gasteiger partial charge is 0.237 e. The van der Waals surface area contributed by atoms with Gasteiger partial charge >= 0.3 is 0 Å². The van der Waals surface area contributed by atoms with Crippen molar-refractivity contribution < 1.29 is 4.79 Å². The van der Waals surface area contributed by atoms with Crippen LogP contribution >= 0.6 is 23.1 Å². The number of amides is 1. The second-order valence-corrected chi connectivity index (χ2v) is 10.6. The second kappa shape index (κ2) is 11.4. The summed E-state index contributed by atoms with van der Waals surface area (Å²) in [5.74, 6) is 0.868. The molecule has 0 aliphatic carbocycles. The molecule has 176 valence electrons. The quantitative estimate of drug-likeness (QED) is 0.303. The highest BCUT2D eigenvalue weighted by Crippen LogP contribution is 2.26. The van der Waals surface area contributed by atoms with Crippen molar-refractivity contribution >= 4 is 40.4 Å². The van der Waals surface area contributed by atoms with Crippen LogP contribution in [0.1, 0.15) is 23.2 Å². The van der Waals surface area contributed by atoms with E-state index < -0.39 is 0 Å². The van der Waals surface area contributed by atoms with E-state index in [4.69, 9.17) is 0 Å². The maximum absolute atomic E-state index is 12.9. The number of aryl methyl sites for hydroxylation is 1. The molecule has 0 saturated heterocycles. The predicted molar refractivity (Wildman–Crippen MR) is 142 cm³/mol. The van der Waals surface area contributed by atoms with Gasteiger partial charge in [0, 0.05) is 43.3 Å². The number of rotatable bonds is 10. The maximum Gasteiger partial charge on any atom is 0.237 e. The van der Waals surface area contributed by atoms with Crippen molar-refractivity contribution in [1.82, 2.24) is 14.8 Å². The topological polar surface area (TPSA) is 63.1 Å². The molecule has 1 amide bonds. The van der Waals surface area contributed by atoms with E-state index >= 15 is 0 Å². The molecule has 4 rings (SSSR count). The first-order chi connectivity index (χ1) is 16.5. The number of nitrogens with zero attached hydrogens (tertiary/aromatic N) is 4. The van der Waals surface area contributed by atoms with Crippen molar-refractivity contribution in [2.75, 3.05) is 24.3 Å². The molecule has 0 saturated carbocycles. The molecular weight excluding hydrogens is 462 g/mol. The average molecular weight is 492 g/mol. The van der Waals surface area contributed by atoms with Gasteiger partial charge < -0.3 is 14.8 Å². The number of benzene rings is 2. The molecule has 6 nitrogen and oxygen atoms in total. The van der Waals surface area contributed by atoms with Gasteiger partial charge in [-0.15, -0.1) is 21.5 Å². The Kier molecular flexibility index (Phi) is 8.03. The number of thioether (sulfide) groups is 1. The Balaban J connectivity index is 1.46. The fourth-order valence-electron chi connectivity index (χ4n) is 3.51. The molecule has 2 heterocycles. The van der Waals surface area contributed by atoms with Gasteiger partial charge in [-0.25, -0.2) is 0 Å². The van der Waals surface area contributed by atoms with Crippen LogP contribution in [0, 0.1) is 0 Å². The molecule has 0 bridgehead atoms. The molecule has 4 aromatic rings. The van der Waals surface area contributed by atoms with Crippen LogP contribution in [-0.2, 0) is 24.2 Å². The monoisotopic (exact) mass is 491 g/mol. The molecule has 0 radical (unpaired) electrons. The fourth-order valence-corrected chi connectivity index (χ4v) is 5.11. The summed E-state index contributed by atoms with van der Waals surface area (Å²) in [5.41, 5.74) is 3.14. The first kappa shape index (κ1) is 24.0. The minimum Gasteiger partial charge on any atom is -0.378 e. The lowest BCUT2D eigenvalue weighted by molar-refractivity contribution is -0.115. The average Bonchev–Trinajstić information content (AvgIpc) is 3.49. The lowest BCUT2D eigenvalue weighted by Crippen LogP contribution is -2.23. The van der Waals surface area contributed by atoms with E-state index in [0.29, 0.717) is 0 Å². The van der Waals surface area contributed by atoms with Crippen molar-refractivity contribution in [3.63, 3.8) is 0 Å². The largest absolute Gasteiger partial charge is 0.378 e. The van der Waals surface area contributed by atoms with E-state index in [9.17, 15) is 4.79 Å². The summed E-state index contributed by atoms with van der Waals surface area (Å²) >= 11 is 3.16. The maximum atomic E-state index is 12.9. The van der Waals surface area contributed by atoms with E-state index in [1.807, 2.05) is 56.3 Å². The van der Waals surface area contributed by atoms with Crippen LogP contribution in [0.4, 0.5) is 11.4 Å². The van der Waals surface area contributed by atoms with Crippen LogP contribution in [0.25, 0.3) is 0 Å². The van der Waals surface area contributed by atoms with E-state index in [0.717, 1.165) is 41.7 Å². The fraction of sp³-hybridized carbons (Fsp3) is 0.269. The lowest BCUT2D eigenvalue weighted by Gasteiger charge is -2.15. The molecule has 1 atom stereocenters. The SMILES string of the molecule is CC(Sc1nnc(Cc2cccs2)n1CCc1ccccc1)C(=O)Nc1ccc(N(C)C)cc1. The van der Waals surface area contributed by atoms with Crippen molar-refractivity contribution in [2.45, 2.75) is 36.7 Å². The van der Waals surface area contributed by atoms with Crippen LogP contribution in [-0.4, -0.2) is 40.0 Å². The summed E-state index contributed by atoms with van der Waals surface area (Å²) in [6, 6.07) is 22.4. The second-order valence-electron chi connectivity index (χ2n) is 8.23. The van der Waals surface area contributed by atoms with E-state index in [1.165, 1.54) is 22.2 Å². The number of carbonyl (C=O) groups is 1. The number of hydrogen-bond acceptors (Lipinski definition) is 6. The van der Waals surface area contributed by atoms with Crippen LogP contribution < -0.4 is 10.2 Å². The Hall–Kier alpha value is -3.10. The van der Waals surface area contributed by atoms with Crippen molar-refractivity contribution in [2.24, 2.45) is 0 Å². The van der Waals surface area contributed by atoms with Gasteiger partial charge in [-0.3, -0.25) is 4.79 Å². The summed E-state index contributed by atoms with van der Waals surface area (Å²) in [4.78, 5) is 16.2. The summed E-state index contributed by atoms with van der Waals surface area (Å²) in [7, 11) is 3.99. The molecule has 2 aromatic heterocycles. The molecule has 1 N–H and O–H groups in total. The van der Waals surface area contributed by atoms with Crippen LogP contribution in [0.15, 0.2) is 77.3 Å². The molecule has 34 heavy (non-hydrogen) atoms. The zero-order valence-corrected chi connectivity index (χ0v) is 21.3. The highest BCUT2D eigenvalue weighted by atomic mass is 32.2. The Labute approximate surface area is 209 Å². The number of carbonyl (C=O) groups excluding carboxylic acids is 1. The van der Waals surface area contributed by atoms with Gasteiger partial charge in [-0.1, -0.05) is 48.2 Å². The van der Waals surface area contributed by atoms with Gasteiger partial charge in [0.15, 0.2) is 5.16 Å². The van der Waals surface area contributed by atoms with Crippen molar-refractivity contribution in [3.8, 4) is 0 Å². The van der Waals surface area contributed by atoms with Crippen molar-refractivity contribution in [1.29, 1.82) is 0 Å². The summed E-state index contributed by atoms with van der Waals surface area (Å²) in [6.07, 6.45) is 1.61. The number of hydrogen-bond donors (Lipinski definition) is 1. The summed E-state index contributed by atoms with van der Waals surface area (Å²) in [5, 5.41) is 14.5. The summed E-state index contributed by atoms with van der Waals surface area (Å²) in [6.45, 7) is 2.67. The third-order valence-electron chi connectivity index (χ3n) is 5.48. The molecule has 1 unspecified atom stereocenters. The molecule has 0 fully saturated rings. The van der Waals surface area contributed by atoms with E-state index in [1.54, 1.807) is 11.3 Å². The van der Waals surface area contributed by atoms with E-state index in [2.05, 4.69) is 61.9 Å². The number of aromatic nitrogens is 3. The third kappa shape index (κ3) is 6.27. The zero-order chi connectivity index (χ0) is 23.9. The normalized spacial score (nSPS) is 11.9. The predicted octanol–water partition coefficient (Wildman–Crippen LogP) is 5.36. The molecule has 0 aliphatic heterocycles. The Bertz CT molecular complexity index is 1190. The van der Waals surface area contributed by atoms with Crippen molar-refractivity contribution in [3.05, 3.63) is 88.4 Å². The standard InChI is InChI=1S/C26H29N5OS2/c1-19(25(32)27-21-11-13-22(14-12-21)30(2)3)34-26-29-28-24(18-23-10-7-17-33-23)31(26)16-15-20-8-5-4-6-9-20/h4-14,17,19H,15-16,18H2,1-3H3,(H,27,32). The number of nitrogens with one attached hydrogen (secondary N) is 1. The minimum atomic E-state index is -0.317. The third-order valence-corrected chi connectivity index (χ3v) is 7.43. The van der Waals surface area contributed by atoms with Crippen LogP contribution in [0.2, 0.25) is 0 Å². The van der Waals surface area contributed by atoms with Gasteiger partial charge in [0.05, 0.1) is 5.25 Å². The highest BCUT2D eigenvalue weighted by Gasteiger charge is 2.21. The first-order valence-corrected chi connectivity index (χ1v) is 13.0. The summed E-state index contributed by atoms with van der Waals surface area (Å²) < 4.78 is 2.16. The van der Waals surface area contributed by atoms with Crippen LogP contribution in [0.3, 0.4) is 0 Å². The zero-order valence-electron chi connectivity index (χ0n) is 19.6. The van der Waals surface area contributed by atoms with E-state index in [-0.39, 0.29) is 11.2 Å². The van der Waals surface area contributed by atoms with Gasteiger partial charge in [0.2, 0.25) is 5.91 Å². The molecular formula is C26H29N5OS2. The highest BCUT2D eigenvalue weighted by molar-refractivity contribution is 8.00. The van der Waals surface area contributed by atoms with Gasteiger partial charge in [-0.05, 0) is 54.6 Å².